The smallest absolute Gasteiger partial charge is 0.421 e. The highest BCUT2D eigenvalue weighted by Gasteiger charge is 2.50. The van der Waals surface area contributed by atoms with Gasteiger partial charge in [0.25, 0.3) is 0 Å². The van der Waals surface area contributed by atoms with Gasteiger partial charge >= 0.3 is 6.18 Å². The normalized spacial score (nSPS) is 20.2. The second kappa shape index (κ2) is 12.4. The Bertz CT molecular complexity index is 1470. The van der Waals surface area contributed by atoms with Crippen LogP contribution < -0.4 is 20.1 Å². The summed E-state index contributed by atoms with van der Waals surface area (Å²) < 4.78 is 53.7. The third-order valence-corrected chi connectivity index (χ3v) is 8.75. The van der Waals surface area contributed by atoms with Crippen molar-refractivity contribution < 1.29 is 27.4 Å². The van der Waals surface area contributed by atoms with Crippen molar-refractivity contribution in [2.75, 3.05) is 44.8 Å². The molecule has 0 radical (unpaired) electrons. The molecule has 43 heavy (non-hydrogen) atoms. The highest BCUT2D eigenvalue weighted by atomic mass is 19.4. The van der Waals surface area contributed by atoms with Crippen LogP contribution in [0.4, 0.5) is 18.9 Å². The molecule has 2 aliphatic heterocycles. The summed E-state index contributed by atoms with van der Waals surface area (Å²) in [5.41, 5.74) is 7.90. The van der Waals surface area contributed by atoms with Gasteiger partial charge in [0.05, 0.1) is 42.9 Å². The molecule has 1 amide bonds. The standard InChI is InChI=1S/C32H38F3N5O3/c1-4-21-18-39(26-9-6-10-27(42-3)29(26)32(33,34)35)17-14-31(21)20-40(28(41)13-15-36)19-25-23(31)11-12-24(38-25)22-8-7-16-37-30(22)43-5-2/h6-12,16,21H,4-5,13-15,17-20,36H2,1-3H3/t21-,31+/m1/s1. The zero-order chi connectivity index (χ0) is 30.8. The van der Waals surface area contributed by atoms with Crippen LogP contribution in [0.3, 0.4) is 0 Å². The predicted molar refractivity (Wildman–Crippen MR) is 158 cm³/mol. The van der Waals surface area contributed by atoms with E-state index in [-0.39, 0.29) is 36.2 Å². The first-order valence-corrected chi connectivity index (χ1v) is 14.7. The number of amides is 1. The van der Waals surface area contributed by atoms with E-state index >= 15 is 0 Å². The maximum absolute atomic E-state index is 14.3. The second-order valence-electron chi connectivity index (χ2n) is 11.1. The second-order valence-corrected chi connectivity index (χ2v) is 11.1. The number of nitrogens with two attached hydrogens (primary N) is 1. The minimum atomic E-state index is -4.57. The number of fused-ring (bicyclic) bond motifs is 2. The van der Waals surface area contributed by atoms with Crippen LogP contribution in [0.2, 0.25) is 0 Å². The van der Waals surface area contributed by atoms with Gasteiger partial charge < -0.3 is 25.0 Å². The molecule has 8 nitrogen and oxygen atoms in total. The number of rotatable bonds is 8. The van der Waals surface area contributed by atoms with Gasteiger partial charge in [0.1, 0.15) is 11.3 Å². The van der Waals surface area contributed by atoms with Crippen molar-refractivity contribution in [1.82, 2.24) is 14.9 Å². The molecule has 3 aromatic rings. The molecule has 2 atom stereocenters. The van der Waals surface area contributed by atoms with Crippen molar-refractivity contribution >= 4 is 11.6 Å². The summed E-state index contributed by atoms with van der Waals surface area (Å²) in [4.78, 5) is 26.3. The number of carbonyl (C=O) groups excluding carboxylic acids is 1. The third-order valence-electron chi connectivity index (χ3n) is 8.75. The number of anilines is 1. The fraction of sp³-hybridized carbons (Fsp3) is 0.469. The maximum atomic E-state index is 14.3. The van der Waals surface area contributed by atoms with Crippen molar-refractivity contribution in [3.8, 4) is 22.9 Å². The summed E-state index contributed by atoms with van der Waals surface area (Å²) in [6, 6.07) is 12.2. The summed E-state index contributed by atoms with van der Waals surface area (Å²) >= 11 is 0. The number of hydrogen-bond donors (Lipinski definition) is 1. The van der Waals surface area contributed by atoms with Gasteiger partial charge in [-0.1, -0.05) is 25.5 Å². The van der Waals surface area contributed by atoms with E-state index in [1.165, 1.54) is 19.2 Å². The fourth-order valence-electron chi connectivity index (χ4n) is 6.79. The van der Waals surface area contributed by atoms with E-state index < -0.39 is 17.2 Å². The Morgan fingerprint density at radius 1 is 1.16 bits per heavy atom. The first kappa shape index (κ1) is 30.6. The van der Waals surface area contributed by atoms with Gasteiger partial charge in [-0.05, 0) is 55.2 Å². The highest BCUT2D eigenvalue weighted by Crippen LogP contribution is 2.50. The van der Waals surface area contributed by atoms with E-state index in [0.29, 0.717) is 57.2 Å². The number of carbonyl (C=O) groups is 1. The van der Waals surface area contributed by atoms with Crippen LogP contribution in [0.5, 0.6) is 11.6 Å². The average Bonchev–Trinajstić information content (AvgIpc) is 3.00. The fourth-order valence-corrected chi connectivity index (χ4v) is 6.79. The molecule has 2 N–H and O–H groups in total. The molecule has 0 bridgehead atoms. The van der Waals surface area contributed by atoms with Gasteiger partial charge in [0.2, 0.25) is 11.8 Å². The summed E-state index contributed by atoms with van der Waals surface area (Å²) in [7, 11) is 1.25. The molecule has 0 saturated carbocycles. The number of ether oxygens (including phenoxy) is 2. The largest absolute Gasteiger partial charge is 0.496 e. The highest BCUT2D eigenvalue weighted by molar-refractivity contribution is 5.77. The lowest BCUT2D eigenvalue weighted by Crippen LogP contribution is -2.58. The van der Waals surface area contributed by atoms with E-state index in [2.05, 4.69) is 18.0 Å². The number of alkyl halides is 3. The van der Waals surface area contributed by atoms with Crippen LogP contribution in [0.15, 0.2) is 48.7 Å². The molecule has 5 rings (SSSR count). The number of nitrogens with zero attached hydrogens (tertiary/aromatic N) is 4. The quantitative estimate of drug-likeness (QED) is 0.370. The van der Waals surface area contributed by atoms with Crippen LogP contribution in [0.1, 0.15) is 49.9 Å². The maximum Gasteiger partial charge on any atom is 0.421 e. The summed E-state index contributed by atoms with van der Waals surface area (Å²) in [6.07, 6.45) is -1.43. The lowest BCUT2D eigenvalue weighted by Gasteiger charge is -2.53. The Morgan fingerprint density at radius 2 is 1.98 bits per heavy atom. The molecule has 2 aromatic heterocycles. The van der Waals surface area contributed by atoms with Gasteiger partial charge in [-0.3, -0.25) is 9.78 Å². The van der Waals surface area contributed by atoms with Gasteiger partial charge in [0.15, 0.2) is 0 Å². The van der Waals surface area contributed by atoms with Crippen LogP contribution in [-0.4, -0.2) is 60.7 Å². The van der Waals surface area contributed by atoms with Crippen molar-refractivity contribution in [3.63, 3.8) is 0 Å². The zero-order valence-corrected chi connectivity index (χ0v) is 24.8. The van der Waals surface area contributed by atoms with Crippen molar-refractivity contribution in [2.24, 2.45) is 11.7 Å². The minimum Gasteiger partial charge on any atom is -0.496 e. The molecule has 230 valence electrons. The molecule has 4 heterocycles. The number of pyridine rings is 2. The first-order chi connectivity index (χ1) is 20.7. The van der Waals surface area contributed by atoms with Gasteiger partial charge in [0, 0.05) is 44.2 Å². The Labute approximate surface area is 250 Å². The van der Waals surface area contributed by atoms with Crippen LogP contribution in [-0.2, 0) is 22.9 Å². The molecule has 1 spiro atoms. The number of methoxy groups -OCH3 is 1. The van der Waals surface area contributed by atoms with E-state index in [4.69, 9.17) is 20.2 Å². The molecule has 1 aromatic carbocycles. The van der Waals surface area contributed by atoms with Crippen molar-refractivity contribution in [2.45, 2.75) is 51.2 Å². The van der Waals surface area contributed by atoms with Gasteiger partial charge in [-0.25, -0.2) is 4.98 Å². The Kier molecular flexibility index (Phi) is 8.82. The number of piperidine rings is 1. The molecule has 2 aliphatic rings. The number of halogens is 3. The monoisotopic (exact) mass is 597 g/mol. The topological polar surface area (TPSA) is 93.8 Å². The van der Waals surface area contributed by atoms with Crippen LogP contribution in [0, 0.1) is 5.92 Å². The van der Waals surface area contributed by atoms with E-state index in [1.807, 2.05) is 34.9 Å². The molecule has 11 heteroatoms. The SMILES string of the molecule is CCOc1ncccc1-c1ccc2c(n1)CN(C(=O)CCN)C[C@]21CCN(c2cccc(OC)c2C(F)(F)F)C[C@H]1CC. The van der Waals surface area contributed by atoms with Crippen molar-refractivity contribution in [3.05, 3.63) is 65.5 Å². The first-order valence-electron chi connectivity index (χ1n) is 14.7. The molecular weight excluding hydrogens is 559 g/mol. The lowest BCUT2D eigenvalue weighted by atomic mass is 9.62. The molecule has 0 unspecified atom stereocenters. The van der Waals surface area contributed by atoms with Gasteiger partial charge in [-0.15, -0.1) is 0 Å². The van der Waals surface area contributed by atoms with Crippen LogP contribution in [0.25, 0.3) is 11.3 Å². The minimum absolute atomic E-state index is 0.0502. The Balaban J connectivity index is 1.57. The zero-order valence-electron chi connectivity index (χ0n) is 24.8. The van der Waals surface area contributed by atoms with Crippen LogP contribution >= 0.6 is 0 Å². The third kappa shape index (κ3) is 5.74. The summed E-state index contributed by atoms with van der Waals surface area (Å²) in [5.74, 6) is 0.183. The molecular formula is C32H38F3N5O3. The van der Waals surface area contributed by atoms with E-state index in [1.54, 1.807) is 12.3 Å². The molecule has 0 aliphatic carbocycles. The average molecular weight is 598 g/mol. The van der Waals surface area contributed by atoms with E-state index in [0.717, 1.165) is 16.8 Å². The Hall–Kier alpha value is -3.86. The van der Waals surface area contributed by atoms with Gasteiger partial charge in [-0.2, -0.15) is 13.2 Å². The number of hydrogen-bond acceptors (Lipinski definition) is 7. The van der Waals surface area contributed by atoms with Crippen molar-refractivity contribution in [1.29, 1.82) is 0 Å². The summed E-state index contributed by atoms with van der Waals surface area (Å²) in [6.45, 7) is 6.21. The number of benzene rings is 1. The summed E-state index contributed by atoms with van der Waals surface area (Å²) in [5, 5.41) is 0. The molecule has 1 fully saturated rings. The van der Waals surface area contributed by atoms with E-state index in [9.17, 15) is 18.0 Å². The number of aromatic nitrogens is 2. The Morgan fingerprint density at radius 3 is 2.67 bits per heavy atom. The lowest BCUT2D eigenvalue weighted by molar-refractivity contribution is -0.138. The predicted octanol–water partition coefficient (Wildman–Crippen LogP) is 5.44. The molecule has 1 saturated heterocycles.